The average Bonchev–Trinajstić information content (AvgIpc) is 3.37. The molecule has 2 heterocycles. The molecule has 0 atom stereocenters. The van der Waals surface area contributed by atoms with Gasteiger partial charge in [-0.05, 0) is 47.7 Å². The molecule has 2 amide bonds. The highest BCUT2D eigenvalue weighted by molar-refractivity contribution is 5.92. The number of carbonyl (C=O) groups excluding carboxylic acids is 1. The molecule has 33 heavy (non-hydrogen) atoms. The van der Waals surface area contributed by atoms with E-state index in [-0.39, 0.29) is 35.6 Å². The summed E-state index contributed by atoms with van der Waals surface area (Å²) in [5, 5.41) is 41.2. The first-order chi connectivity index (χ1) is 15.7. The van der Waals surface area contributed by atoms with Crippen molar-refractivity contribution in [2.24, 2.45) is 0 Å². The van der Waals surface area contributed by atoms with Crippen LogP contribution in [0, 0.1) is 0 Å². The molecule has 0 fully saturated rings. The molecule has 2 aromatic carbocycles. The number of rotatable bonds is 5. The molecule has 1 aliphatic rings. The van der Waals surface area contributed by atoms with Gasteiger partial charge >= 0.3 is 6.09 Å². The average molecular weight is 451 g/mol. The minimum atomic E-state index is -1.00. The standard InChI is InChI=1S/C23H25N5O5/c1-4-24-22(31)21-26-25-20(17-8-16(12(2)3)18(29)9-19(17)30)28(21)15-6-5-13-10-27(23(32)33)11-14(13)7-15/h5-9,12,29-30H,4,10-11H2,1-3H3,(H,24,31)(H,32,33). The molecule has 0 saturated carbocycles. The van der Waals surface area contributed by atoms with Gasteiger partial charge in [-0.1, -0.05) is 19.9 Å². The molecule has 0 aliphatic carbocycles. The Kier molecular flexibility index (Phi) is 5.67. The quantitative estimate of drug-likeness (QED) is 0.467. The van der Waals surface area contributed by atoms with Crippen molar-refractivity contribution < 1.29 is 24.9 Å². The number of phenolic OH excluding ortho intramolecular Hbond substituents is 2. The van der Waals surface area contributed by atoms with E-state index >= 15 is 0 Å². The minimum absolute atomic E-state index is 0.0226. The molecule has 4 rings (SSSR count). The predicted molar refractivity (Wildman–Crippen MR) is 119 cm³/mol. The molecule has 0 bridgehead atoms. The lowest BCUT2D eigenvalue weighted by Gasteiger charge is -2.15. The number of carboxylic acid groups (broad SMARTS) is 1. The summed E-state index contributed by atoms with van der Waals surface area (Å²) in [6, 6.07) is 8.27. The van der Waals surface area contributed by atoms with Crippen LogP contribution in [0.2, 0.25) is 0 Å². The number of nitrogens with one attached hydrogen (secondary N) is 1. The van der Waals surface area contributed by atoms with E-state index in [0.29, 0.717) is 29.9 Å². The van der Waals surface area contributed by atoms with Crippen molar-refractivity contribution in [3.8, 4) is 28.6 Å². The van der Waals surface area contributed by atoms with Gasteiger partial charge in [-0.25, -0.2) is 4.79 Å². The van der Waals surface area contributed by atoms with Crippen LogP contribution in [-0.2, 0) is 13.1 Å². The number of nitrogens with zero attached hydrogens (tertiary/aromatic N) is 4. The zero-order valence-corrected chi connectivity index (χ0v) is 18.5. The van der Waals surface area contributed by atoms with Crippen LogP contribution in [-0.4, -0.2) is 53.5 Å². The van der Waals surface area contributed by atoms with Gasteiger partial charge < -0.3 is 20.6 Å². The first-order valence-corrected chi connectivity index (χ1v) is 10.6. The SMILES string of the molecule is CCNC(=O)c1nnc(-c2cc(C(C)C)c(O)cc2O)n1-c1ccc2c(c1)CN(C(=O)O)C2. The first kappa shape index (κ1) is 22.1. The van der Waals surface area contributed by atoms with E-state index in [1.807, 2.05) is 19.9 Å². The first-order valence-electron chi connectivity index (χ1n) is 10.6. The van der Waals surface area contributed by atoms with Crippen molar-refractivity contribution in [2.75, 3.05) is 6.54 Å². The van der Waals surface area contributed by atoms with E-state index in [1.165, 1.54) is 15.5 Å². The van der Waals surface area contributed by atoms with Crippen molar-refractivity contribution in [1.29, 1.82) is 0 Å². The summed E-state index contributed by atoms with van der Waals surface area (Å²) in [5.41, 5.74) is 3.18. The topological polar surface area (TPSA) is 141 Å². The molecule has 0 unspecified atom stereocenters. The number of benzene rings is 2. The Morgan fingerprint density at radius 2 is 1.79 bits per heavy atom. The van der Waals surface area contributed by atoms with Crippen LogP contribution in [0.15, 0.2) is 30.3 Å². The molecule has 0 radical (unpaired) electrons. The number of aromatic nitrogens is 3. The second-order valence-corrected chi connectivity index (χ2v) is 8.22. The van der Waals surface area contributed by atoms with E-state index in [4.69, 9.17) is 0 Å². The van der Waals surface area contributed by atoms with Crippen molar-refractivity contribution in [2.45, 2.75) is 39.8 Å². The van der Waals surface area contributed by atoms with Crippen LogP contribution in [0.3, 0.4) is 0 Å². The summed E-state index contributed by atoms with van der Waals surface area (Å²) in [6.07, 6.45) is -1.00. The van der Waals surface area contributed by atoms with Gasteiger partial charge in [0.05, 0.1) is 5.56 Å². The van der Waals surface area contributed by atoms with Gasteiger partial charge in [0.2, 0.25) is 5.82 Å². The molecule has 0 spiro atoms. The Morgan fingerprint density at radius 1 is 1.06 bits per heavy atom. The fraction of sp³-hybridized carbons (Fsp3) is 0.304. The van der Waals surface area contributed by atoms with E-state index in [2.05, 4.69) is 15.5 Å². The molecule has 4 N–H and O–H groups in total. The van der Waals surface area contributed by atoms with Gasteiger partial charge in [0.25, 0.3) is 5.91 Å². The molecule has 0 saturated heterocycles. The fourth-order valence-corrected chi connectivity index (χ4v) is 3.98. The zero-order valence-electron chi connectivity index (χ0n) is 18.5. The van der Waals surface area contributed by atoms with Gasteiger partial charge in [0.15, 0.2) is 5.82 Å². The summed E-state index contributed by atoms with van der Waals surface area (Å²) >= 11 is 0. The van der Waals surface area contributed by atoms with Crippen LogP contribution in [0.4, 0.5) is 4.79 Å². The van der Waals surface area contributed by atoms with Crippen LogP contribution in [0.5, 0.6) is 11.5 Å². The van der Waals surface area contributed by atoms with Gasteiger partial charge in [-0.2, -0.15) is 0 Å². The number of amides is 2. The zero-order chi connectivity index (χ0) is 23.9. The Balaban J connectivity index is 1.90. The van der Waals surface area contributed by atoms with Crippen LogP contribution < -0.4 is 5.32 Å². The van der Waals surface area contributed by atoms with Crippen LogP contribution in [0.25, 0.3) is 17.1 Å². The highest BCUT2D eigenvalue weighted by atomic mass is 16.4. The molecule has 172 valence electrons. The number of carbonyl (C=O) groups is 2. The van der Waals surface area contributed by atoms with Crippen molar-refractivity contribution in [1.82, 2.24) is 25.0 Å². The molecule has 1 aromatic heterocycles. The largest absolute Gasteiger partial charge is 0.508 e. The molecule has 3 aromatic rings. The lowest BCUT2D eigenvalue weighted by molar-refractivity contribution is 0.0943. The maximum atomic E-state index is 12.7. The Bertz CT molecular complexity index is 1250. The Labute approximate surface area is 190 Å². The summed E-state index contributed by atoms with van der Waals surface area (Å²) in [6.45, 7) is 6.52. The monoisotopic (exact) mass is 451 g/mol. The van der Waals surface area contributed by atoms with E-state index in [9.17, 15) is 24.9 Å². The van der Waals surface area contributed by atoms with E-state index in [0.717, 1.165) is 11.1 Å². The maximum absolute atomic E-state index is 12.7. The van der Waals surface area contributed by atoms with Gasteiger partial charge in [-0.3, -0.25) is 14.3 Å². The summed E-state index contributed by atoms with van der Waals surface area (Å²) in [5.74, 6) is -0.447. The highest BCUT2D eigenvalue weighted by Gasteiger charge is 2.27. The Hall–Kier alpha value is -4.08. The number of aromatic hydroxyl groups is 2. The number of fused-ring (bicyclic) bond motifs is 1. The highest BCUT2D eigenvalue weighted by Crippen LogP contribution is 2.38. The van der Waals surface area contributed by atoms with Gasteiger partial charge in [0.1, 0.15) is 11.5 Å². The molecule has 10 heteroatoms. The van der Waals surface area contributed by atoms with Crippen LogP contribution in [0.1, 0.15) is 54.0 Å². The fourth-order valence-electron chi connectivity index (χ4n) is 3.98. The summed E-state index contributed by atoms with van der Waals surface area (Å²) < 4.78 is 1.53. The summed E-state index contributed by atoms with van der Waals surface area (Å²) in [4.78, 5) is 25.4. The molecular weight excluding hydrogens is 426 g/mol. The smallest absolute Gasteiger partial charge is 0.407 e. The maximum Gasteiger partial charge on any atom is 0.407 e. The molecular formula is C23H25N5O5. The summed E-state index contributed by atoms with van der Waals surface area (Å²) in [7, 11) is 0. The van der Waals surface area contributed by atoms with Crippen LogP contribution >= 0.6 is 0 Å². The van der Waals surface area contributed by atoms with E-state index in [1.54, 1.807) is 25.1 Å². The van der Waals surface area contributed by atoms with Crippen molar-refractivity contribution in [3.63, 3.8) is 0 Å². The van der Waals surface area contributed by atoms with Crippen molar-refractivity contribution >= 4 is 12.0 Å². The Morgan fingerprint density at radius 3 is 2.45 bits per heavy atom. The molecule has 10 nitrogen and oxygen atoms in total. The lowest BCUT2D eigenvalue weighted by Crippen LogP contribution is -2.26. The number of hydrogen-bond donors (Lipinski definition) is 4. The van der Waals surface area contributed by atoms with E-state index < -0.39 is 12.0 Å². The number of hydrogen-bond acceptors (Lipinski definition) is 6. The third-order valence-electron chi connectivity index (χ3n) is 5.65. The second-order valence-electron chi connectivity index (χ2n) is 8.22. The normalized spacial score (nSPS) is 12.8. The third-order valence-corrected chi connectivity index (χ3v) is 5.65. The minimum Gasteiger partial charge on any atom is -0.508 e. The van der Waals surface area contributed by atoms with Gasteiger partial charge in [0, 0.05) is 31.4 Å². The molecule has 1 aliphatic heterocycles. The predicted octanol–water partition coefficient (Wildman–Crippen LogP) is 3.21. The lowest BCUT2D eigenvalue weighted by atomic mass is 9.98. The second kappa shape index (κ2) is 8.45. The number of phenols is 2. The third kappa shape index (κ3) is 3.95. The van der Waals surface area contributed by atoms with Crippen molar-refractivity contribution in [3.05, 3.63) is 52.8 Å². The van der Waals surface area contributed by atoms with Gasteiger partial charge in [-0.15, -0.1) is 10.2 Å².